The van der Waals surface area contributed by atoms with Crippen LogP contribution in [0.25, 0.3) is 0 Å². The standard InChI is InChI=1S/C19H22FNO4/c1-13-18(12-24-11-15-3-2-4-16(20)9-15)25-21-19(13)17(22)6-5-14-7-8-23-10-14/h2-4,9,14H,5-8,10-12H2,1H3. The number of carbonyl (C=O) groups excluding carboxylic acids is 1. The van der Waals surface area contributed by atoms with Crippen LogP contribution >= 0.6 is 0 Å². The summed E-state index contributed by atoms with van der Waals surface area (Å²) >= 11 is 0. The molecule has 1 unspecified atom stereocenters. The molecule has 3 rings (SSSR count). The monoisotopic (exact) mass is 347 g/mol. The molecule has 0 bridgehead atoms. The lowest BCUT2D eigenvalue weighted by molar-refractivity contribution is 0.0873. The van der Waals surface area contributed by atoms with E-state index in [1.165, 1.54) is 12.1 Å². The zero-order valence-corrected chi connectivity index (χ0v) is 14.3. The Morgan fingerprint density at radius 1 is 1.40 bits per heavy atom. The quantitative estimate of drug-likeness (QED) is 0.679. The molecule has 0 aliphatic carbocycles. The van der Waals surface area contributed by atoms with Crippen molar-refractivity contribution in [2.75, 3.05) is 13.2 Å². The number of ketones is 1. The lowest BCUT2D eigenvalue weighted by atomic mass is 9.99. The summed E-state index contributed by atoms with van der Waals surface area (Å²) < 4.78 is 29.3. The molecule has 1 fully saturated rings. The smallest absolute Gasteiger partial charge is 0.185 e. The van der Waals surface area contributed by atoms with Crippen molar-refractivity contribution >= 4 is 5.78 Å². The summed E-state index contributed by atoms with van der Waals surface area (Å²) in [7, 11) is 0. The van der Waals surface area contributed by atoms with Crippen LogP contribution in [0.1, 0.15) is 46.6 Å². The molecule has 0 radical (unpaired) electrons. The number of Topliss-reactive ketones (excluding diaryl/α,β-unsaturated/α-hetero) is 1. The van der Waals surface area contributed by atoms with Crippen LogP contribution in [0.4, 0.5) is 4.39 Å². The van der Waals surface area contributed by atoms with E-state index in [9.17, 15) is 9.18 Å². The van der Waals surface area contributed by atoms with E-state index < -0.39 is 0 Å². The summed E-state index contributed by atoms with van der Waals surface area (Å²) in [6.45, 7) is 3.80. The maximum absolute atomic E-state index is 13.1. The third-order valence-corrected chi connectivity index (χ3v) is 4.48. The fourth-order valence-electron chi connectivity index (χ4n) is 2.92. The van der Waals surface area contributed by atoms with Crippen molar-refractivity contribution in [1.29, 1.82) is 0 Å². The first-order chi connectivity index (χ1) is 12.1. The molecule has 6 heteroatoms. The first kappa shape index (κ1) is 17.8. The van der Waals surface area contributed by atoms with Crippen LogP contribution in [-0.2, 0) is 22.7 Å². The summed E-state index contributed by atoms with van der Waals surface area (Å²) in [4.78, 5) is 12.3. The second-order valence-electron chi connectivity index (χ2n) is 6.39. The molecule has 0 saturated carbocycles. The summed E-state index contributed by atoms with van der Waals surface area (Å²) in [5.74, 6) is 0.691. The summed E-state index contributed by atoms with van der Waals surface area (Å²) in [6, 6.07) is 6.24. The highest BCUT2D eigenvalue weighted by atomic mass is 19.1. The number of hydrogen-bond acceptors (Lipinski definition) is 5. The van der Waals surface area contributed by atoms with Gasteiger partial charge in [0.25, 0.3) is 0 Å². The van der Waals surface area contributed by atoms with Gasteiger partial charge < -0.3 is 14.0 Å². The predicted octanol–water partition coefficient (Wildman–Crippen LogP) is 3.84. The Balaban J connectivity index is 1.50. The number of ether oxygens (including phenoxy) is 2. The molecule has 1 atom stereocenters. The normalized spacial score (nSPS) is 17.1. The van der Waals surface area contributed by atoms with Gasteiger partial charge in [-0.05, 0) is 43.4 Å². The third-order valence-electron chi connectivity index (χ3n) is 4.48. The molecule has 5 nitrogen and oxygen atoms in total. The van der Waals surface area contributed by atoms with Crippen LogP contribution in [0, 0.1) is 18.7 Å². The van der Waals surface area contributed by atoms with Crippen molar-refractivity contribution in [3.8, 4) is 0 Å². The van der Waals surface area contributed by atoms with Crippen LogP contribution < -0.4 is 0 Å². The molecule has 0 amide bonds. The van der Waals surface area contributed by atoms with Crippen molar-refractivity contribution < 1.29 is 23.2 Å². The van der Waals surface area contributed by atoms with Gasteiger partial charge in [-0.2, -0.15) is 0 Å². The number of rotatable bonds is 8. The zero-order chi connectivity index (χ0) is 17.6. The third kappa shape index (κ3) is 4.74. The van der Waals surface area contributed by atoms with E-state index >= 15 is 0 Å². The molecule has 0 spiro atoms. The molecule has 1 aromatic heterocycles. The number of hydrogen-bond donors (Lipinski definition) is 0. The number of halogens is 1. The van der Waals surface area contributed by atoms with Crippen molar-refractivity contribution in [3.05, 3.63) is 52.7 Å². The maximum atomic E-state index is 13.1. The van der Waals surface area contributed by atoms with Crippen LogP contribution in [0.2, 0.25) is 0 Å². The largest absolute Gasteiger partial charge is 0.381 e. The fourth-order valence-corrected chi connectivity index (χ4v) is 2.92. The summed E-state index contributed by atoms with van der Waals surface area (Å²) in [6.07, 6.45) is 2.28. The van der Waals surface area contributed by atoms with E-state index in [1.54, 1.807) is 12.1 Å². The lowest BCUT2D eigenvalue weighted by Crippen LogP contribution is -2.07. The molecular formula is C19H22FNO4. The summed E-state index contributed by atoms with van der Waals surface area (Å²) in [5, 5.41) is 3.90. The van der Waals surface area contributed by atoms with E-state index in [4.69, 9.17) is 14.0 Å². The molecular weight excluding hydrogens is 325 g/mol. The van der Waals surface area contributed by atoms with E-state index in [1.807, 2.05) is 6.92 Å². The number of benzene rings is 1. The molecule has 2 heterocycles. The average Bonchev–Trinajstić information content (AvgIpc) is 3.23. The number of aromatic nitrogens is 1. The minimum absolute atomic E-state index is 0.00969. The lowest BCUT2D eigenvalue weighted by Gasteiger charge is -2.05. The van der Waals surface area contributed by atoms with Crippen molar-refractivity contribution in [2.45, 2.75) is 39.4 Å². The Labute approximate surface area is 146 Å². The van der Waals surface area contributed by atoms with Gasteiger partial charge in [-0.25, -0.2) is 4.39 Å². The van der Waals surface area contributed by atoms with E-state index in [0.717, 1.165) is 31.6 Å². The van der Waals surface area contributed by atoms with Gasteiger partial charge in [0, 0.05) is 25.2 Å². The van der Waals surface area contributed by atoms with Crippen LogP contribution in [0.3, 0.4) is 0 Å². The highest BCUT2D eigenvalue weighted by Crippen LogP contribution is 2.21. The fraction of sp³-hybridized carbons (Fsp3) is 0.474. The highest BCUT2D eigenvalue weighted by Gasteiger charge is 2.21. The first-order valence-electron chi connectivity index (χ1n) is 8.51. The molecule has 134 valence electrons. The molecule has 0 N–H and O–H groups in total. The van der Waals surface area contributed by atoms with E-state index in [0.29, 0.717) is 29.4 Å². The molecule has 1 aromatic carbocycles. The van der Waals surface area contributed by atoms with Gasteiger partial charge in [-0.1, -0.05) is 17.3 Å². The van der Waals surface area contributed by atoms with Gasteiger partial charge in [-0.15, -0.1) is 0 Å². The Bertz CT molecular complexity index is 722. The SMILES string of the molecule is Cc1c(C(=O)CCC2CCOC2)noc1COCc1cccc(F)c1. The Morgan fingerprint density at radius 2 is 2.28 bits per heavy atom. The van der Waals surface area contributed by atoms with Crippen molar-refractivity contribution in [3.63, 3.8) is 0 Å². The van der Waals surface area contributed by atoms with E-state index in [-0.39, 0.29) is 24.8 Å². The molecule has 25 heavy (non-hydrogen) atoms. The molecule has 1 aliphatic heterocycles. The second kappa shape index (κ2) is 8.36. The Morgan fingerprint density at radius 3 is 3.04 bits per heavy atom. The highest BCUT2D eigenvalue weighted by molar-refractivity contribution is 5.95. The number of nitrogens with zero attached hydrogens (tertiary/aromatic N) is 1. The Kier molecular flexibility index (Phi) is 5.94. The average molecular weight is 347 g/mol. The van der Waals surface area contributed by atoms with Gasteiger partial charge in [0.05, 0.1) is 6.61 Å². The zero-order valence-electron chi connectivity index (χ0n) is 14.3. The van der Waals surface area contributed by atoms with E-state index in [2.05, 4.69) is 5.16 Å². The van der Waals surface area contributed by atoms with Crippen LogP contribution in [-0.4, -0.2) is 24.2 Å². The van der Waals surface area contributed by atoms with Gasteiger partial charge in [0.1, 0.15) is 12.4 Å². The first-order valence-corrected chi connectivity index (χ1v) is 8.51. The maximum Gasteiger partial charge on any atom is 0.185 e. The van der Waals surface area contributed by atoms with Gasteiger partial charge in [-0.3, -0.25) is 4.79 Å². The Hall–Kier alpha value is -2.05. The van der Waals surface area contributed by atoms with Crippen molar-refractivity contribution in [2.24, 2.45) is 5.92 Å². The van der Waals surface area contributed by atoms with Crippen molar-refractivity contribution in [1.82, 2.24) is 5.16 Å². The van der Waals surface area contributed by atoms with Gasteiger partial charge >= 0.3 is 0 Å². The molecule has 2 aromatic rings. The summed E-state index contributed by atoms with van der Waals surface area (Å²) in [5.41, 5.74) is 1.84. The number of carbonyl (C=O) groups is 1. The predicted molar refractivity (Wildman–Crippen MR) is 88.6 cm³/mol. The van der Waals surface area contributed by atoms with Crippen LogP contribution in [0.5, 0.6) is 0 Å². The minimum atomic E-state index is -0.294. The van der Waals surface area contributed by atoms with Gasteiger partial charge in [0.2, 0.25) is 0 Å². The minimum Gasteiger partial charge on any atom is -0.381 e. The second-order valence-corrected chi connectivity index (χ2v) is 6.39. The topological polar surface area (TPSA) is 61.6 Å². The molecule has 1 aliphatic rings. The molecule has 1 saturated heterocycles. The van der Waals surface area contributed by atoms with Gasteiger partial charge in [0.15, 0.2) is 17.2 Å². The van der Waals surface area contributed by atoms with Crippen LogP contribution in [0.15, 0.2) is 28.8 Å².